The largest absolute Gasteiger partial charge is 0.342 e. The number of rotatable bonds is 2. The summed E-state index contributed by atoms with van der Waals surface area (Å²) in [6, 6.07) is 6.91. The number of aromatic amines is 1. The van der Waals surface area contributed by atoms with Gasteiger partial charge >= 0.3 is 6.03 Å². The summed E-state index contributed by atoms with van der Waals surface area (Å²) in [7, 11) is 1.39. The third-order valence-corrected chi connectivity index (χ3v) is 3.00. The predicted octanol–water partition coefficient (Wildman–Crippen LogP) is 1.11. The summed E-state index contributed by atoms with van der Waals surface area (Å²) >= 11 is 0. The van der Waals surface area contributed by atoms with E-state index < -0.39 is 6.03 Å². The molecular formula is C13H10N8O. The highest BCUT2D eigenvalue weighted by Crippen LogP contribution is 2.22. The van der Waals surface area contributed by atoms with Crippen molar-refractivity contribution in [3.05, 3.63) is 36.8 Å². The fourth-order valence-electron chi connectivity index (χ4n) is 1.89. The third kappa shape index (κ3) is 2.40. The van der Waals surface area contributed by atoms with Crippen molar-refractivity contribution in [2.24, 2.45) is 0 Å². The topological polar surface area (TPSA) is 116 Å². The van der Waals surface area contributed by atoms with Crippen molar-refractivity contribution in [3.8, 4) is 28.8 Å². The van der Waals surface area contributed by atoms with Crippen molar-refractivity contribution in [3.63, 3.8) is 0 Å². The summed E-state index contributed by atoms with van der Waals surface area (Å²) in [5.74, 6) is 0.474. The van der Waals surface area contributed by atoms with Crippen molar-refractivity contribution in [2.75, 3.05) is 7.05 Å². The van der Waals surface area contributed by atoms with Gasteiger partial charge in [-0.2, -0.15) is 10.5 Å². The maximum absolute atomic E-state index is 11.9. The quantitative estimate of drug-likeness (QED) is 0.559. The highest BCUT2D eigenvalue weighted by Gasteiger charge is 2.13. The normalized spacial score (nSPS) is 10.2. The molecule has 9 nitrogen and oxygen atoms in total. The number of carbonyl (C=O) groups is 1. The lowest BCUT2D eigenvalue weighted by Crippen LogP contribution is -2.25. The van der Waals surface area contributed by atoms with Crippen molar-refractivity contribution in [1.82, 2.24) is 35.1 Å². The van der Waals surface area contributed by atoms with Gasteiger partial charge in [0.2, 0.25) is 5.82 Å². The van der Waals surface area contributed by atoms with E-state index in [2.05, 4.69) is 25.6 Å². The molecule has 0 aliphatic heterocycles. The summed E-state index contributed by atoms with van der Waals surface area (Å²) in [6.45, 7) is 0. The first-order valence-electron chi connectivity index (χ1n) is 6.25. The van der Waals surface area contributed by atoms with Crippen LogP contribution < -0.4 is 0 Å². The Morgan fingerprint density at radius 2 is 2.23 bits per heavy atom. The lowest BCUT2D eigenvalue weighted by molar-refractivity contribution is 0.225. The van der Waals surface area contributed by atoms with E-state index in [1.165, 1.54) is 17.9 Å². The summed E-state index contributed by atoms with van der Waals surface area (Å²) in [4.78, 5) is 17.0. The molecule has 0 atom stereocenters. The van der Waals surface area contributed by atoms with E-state index in [-0.39, 0.29) is 0 Å². The number of imidazole rings is 1. The van der Waals surface area contributed by atoms with Gasteiger partial charge in [-0.3, -0.25) is 4.57 Å². The molecule has 0 saturated heterocycles. The smallest absolute Gasteiger partial charge is 0.257 e. The van der Waals surface area contributed by atoms with Gasteiger partial charge in [0.15, 0.2) is 6.19 Å². The number of aromatic nitrogens is 6. The number of hydrogen-bond donors (Lipinski definition) is 1. The average Bonchev–Trinajstić information content (AvgIpc) is 3.24. The van der Waals surface area contributed by atoms with Gasteiger partial charge in [0.1, 0.15) is 6.33 Å². The Labute approximate surface area is 124 Å². The Hall–Kier alpha value is -3.54. The summed E-state index contributed by atoms with van der Waals surface area (Å²) < 4.78 is 1.25. The van der Waals surface area contributed by atoms with Crippen LogP contribution in [0.2, 0.25) is 0 Å². The number of hydrogen-bond acceptors (Lipinski definition) is 6. The molecule has 0 spiro atoms. The summed E-state index contributed by atoms with van der Waals surface area (Å²) in [5, 5.41) is 22.5. The molecule has 22 heavy (non-hydrogen) atoms. The number of nitriles is 1. The number of H-pyrrole nitrogens is 1. The van der Waals surface area contributed by atoms with Crippen LogP contribution >= 0.6 is 0 Å². The molecule has 2 heterocycles. The zero-order valence-electron chi connectivity index (χ0n) is 11.5. The predicted molar refractivity (Wildman–Crippen MR) is 75.0 cm³/mol. The maximum Gasteiger partial charge on any atom is 0.342 e. The molecule has 0 radical (unpaired) electrons. The maximum atomic E-state index is 11.9. The monoisotopic (exact) mass is 294 g/mol. The molecule has 1 N–H and O–H groups in total. The Morgan fingerprint density at radius 1 is 1.41 bits per heavy atom. The van der Waals surface area contributed by atoms with Crippen LogP contribution in [0.3, 0.4) is 0 Å². The van der Waals surface area contributed by atoms with Gasteiger partial charge in [-0.1, -0.05) is 18.2 Å². The van der Waals surface area contributed by atoms with Crippen molar-refractivity contribution >= 4 is 6.03 Å². The van der Waals surface area contributed by atoms with Crippen LogP contribution in [0.25, 0.3) is 22.6 Å². The molecule has 0 aliphatic rings. The van der Waals surface area contributed by atoms with Gasteiger partial charge in [0, 0.05) is 24.4 Å². The van der Waals surface area contributed by atoms with Crippen molar-refractivity contribution in [2.45, 2.75) is 0 Å². The van der Waals surface area contributed by atoms with E-state index in [0.29, 0.717) is 11.5 Å². The number of benzene rings is 1. The second kappa shape index (κ2) is 5.45. The van der Waals surface area contributed by atoms with Gasteiger partial charge in [0.05, 0.1) is 5.69 Å². The van der Waals surface area contributed by atoms with Gasteiger partial charge in [-0.25, -0.2) is 14.7 Å². The Morgan fingerprint density at radius 3 is 2.95 bits per heavy atom. The van der Waals surface area contributed by atoms with E-state index in [1.54, 1.807) is 12.4 Å². The third-order valence-electron chi connectivity index (χ3n) is 3.00. The Kier molecular flexibility index (Phi) is 3.33. The number of amides is 1. The van der Waals surface area contributed by atoms with E-state index in [4.69, 9.17) is 5.26 Å². The van der Waals surface area contributed by atoms with E-state index in [0.717, 1.165) is 16.0 Å². The first-order valence-corrected chi connectivity index (χ1v) is 6.25. The number of carbonyl (C=O) groups excluding carboxylic acids is 1. The molecule has 0 unspecified atom stereocenters. The first-order chi connectivity index (χ1) is 10.7. The van der Waals surface area contributed by atoms with Crippen LogP contribution in [-0.4, -0.2) is 48.2 Å². The van der Waals surface area contributed by atoms with E-state index in [1.807, 2.05) is 24.3 Å². The minimum atomic E-state index is -0.476. The zero-order valence-corrected chi connectivity index (χ0v) is 11.5. The average molecular weight is 294 g/mol. The SMILES string of the molecule is CN(C#N)C(=O)n1cnc(-c2cccc(-c3nn[nH]n3)c2)c1. The van der Waals surface area contributed by atoms with E-state index in [9.17, 15) is 4.79 Å². The minimum Gasteiger partial charge on any atom is -0.257 e. The van der Waals surface area contributed by atoms with Crippen LogP contribution in [0.5, 0.6) is 0 Å². The molecule has 0 fully saturated rings. The van der Waals surface area contributed by atoms with Crippen LogP contribution in [0.1, 0.15) is 0 Å². The van der Waals surface area contributed by atoms with E-state index >= 15 is 0 Å². The fourth-order valence-corrected chi connectivity index (χ4v) is 1.89. The van der Waals surface area contributed by atoms with Gasteiger partial charge < -0.3 is 0 Å². The lowest BCUT2D eigenvalue weighted by atomic mass is 10.1. The summed E-state index contributed by atoms with van der Waals surface area (Å²) in [6.07, 6.45) is 4.68. The molecule has 1 aromatic carbocycles. The highest BCUT2D eigenvalue weighted by molar-refractivity contribution is 5.79. The molecule has 0 aliphatic carbocycles. The Bertz CT molecular complexity index is 845. The summed E-state index contributed by atoms with van der Waals surface area (Å²) in [5.41, 5.74) is 2.18. The molecule has 0 bridgehead atoms. The van der Waals surface area contributed by atoms with Crippen LogP contribution in [0.4, 0.5) is 4.79 Å². The fraction of sp³-hybridized carbons (Fsp3) is 0.0769. The molecule has 0 saturated carbocycles. The second-order valence-electron chi connectivity index (χ2n) is 4.42. The number of nitrogens with zero attached hydrogens (tertiary/aromatic N) is 7. The van der Waals surface area contributed by atoms with Gasteiger partial charge in [-0.05, 0) is 11.3 Å². The van der Waals surface area contributed by atoms with Gasteiger partial charge in [-0.15, -0.1) is 10.2 Å². The standard InChI is InChI=1S/C13H10N8O/c1-20(7-14)13(22)21-6-11(15-8-21)9-3-2-4-10(5-9)12-16-18-19-17-12/h2-6,8H,1H3,(H,16,17,18,19). The van der Waals surface area contributed by atoms with Crippen LogP contribution in [0.15, 0.2) is 36.8 Å². The number of nitrogens with one attached hydrogen (secondary N) is 1. The van der Waals surface area contributed by atoms with Crippen LogP contribution in [0, 0.1) is 11.5 Å². The highest BCUT2D eigenvalue weighted by atomic mass is 16.2. The zero-order chi connectivity index (χ0) is 15.5. The number of tetrazole rings is 1. The molecule has 3 aromatic rings. The lowest BCUT2D eigenvalue weighted by Gasteiger charge is -2.05. The van der Waals surface area contributed by atoms with Gasteiger partial charge in [0.25, 0.3) is 0 Å². The first kappa shape index (κ1) is 13.4. The van der Waals surface area contributed by atoms with Crippen molar-refractivity contribution in [1.29, 1.82) is 5.26 Å². The molecule has 108 valence electrons. The molecule has 9 heteroatoms. The molecular weight excluding hydrogens is 284 g/mol. The van der Waals surface area contributed by atoms with Crippen molar-refractivity contribution < 1.29 is 4.79 Å². The molecule has 1 amide bonds. The second-order valence-corrected chi connectivity index (χ2v) is 4.42. The Balaban J connectivity index is 1.93. The molecule has 2 aromatic heterocycles. The minimum absolute atomic E-state index is 0.474. The van der Waals surface area contributed by atoms with Crippen LogP contribution in [-0.2, 0) is 0 Å². The molecule has 3 rings (SSSR count).